The zero-order chi connectivity index (χ0) is 17.7. The lowest BCUT2D eigenvalue weighted by atomic mass is 10.1. The van der Waals surface area contributed by atoms with Gasteiger partial charge < -0.3 is 16.0 Å². The summed E-state index contributed by atoms with van der Waals surface area (Å²) in [5.74, 6) is 0. The fourth-order valence-electron chi connectivity index (χ4n) is 2.84. The maximum absolute atomic E-state index is 12.3. The number of benzene rings is 1. The van der Waals surface area contributed by atoms with Crippen LogP contribution in [-0.2, 0) is 0 Å². The molecule has 0 aliphatic carbocycles. The van der Waals surface area contributed by atoms with E-state index < -0.39 is 4.92 Å². The summed E-state index contributed by atoms with van der Waals surface area (Å²) in [5, 5.41) is 14.6. The number of hydrogen-bond acceptors (Lipinski definition) is 5. The number of nitro benzene ring substituents is 1. The van der Waals surface area contributed by atoms with Crippen LogP contribution in [0, 0.1) is 10.1 Å². The number of rotatable bonds is 8. The van der Waals surface area contributed by atoms with Crippen LogP contribution in [0.15, 0.2) is 18.2 Å². The minimum Gasteiger partial charge on any atom is -0.375 e. The number of likely N-dealkylation sites (N-methyl/N-ethyl adjacent to an activating group) is 1. The molecule has 2 amide bonds. The highest BCUT2D eigenvalue weighted by Crippen LogP contribution is 2.37. The molecule has 8 heteroatoms. The summed E-state index contributed by atoms with van der Waals surface area (Å²) in [5.41, 5.74) is 6.46. The van der Waals surface area contributed by atoms with Crippen LogP contribution in [0.4, 0.5) is 21.9 Å². The van der Waals surface area contributed by atoms with Gasteiger partial charge in [-0.25, -0.2) is 4.79 Å². The number of carbonyl (C=O) groups is 1. The first-order valence-electron chi connectivity index (χ1n) is 8.22. The molecule has 1 saturated heterocycles. The molecule has 2 rings (SSSR count). The SMILES string of the molecule is C[C@H](CCCCN)Nc1c(N2CCN(C)C2=O)cccc1[N+](=O)[O-]. The Labute approximate surface area is 141 Å². The van der Waals surface area contributed by atoms with Gasteiger partial charge in [-0.3, -0.25) is 15.0 Å². The number of nitro groups is 1. The van der Waals surface area contributed by atoms with Crippen LogP contribution in [0.3, 0.4) is 0 Å². The third-order valence-electron chi connectivity index (χ3n) is 4.21. The van der Waals surface area contributed by atoms with Crippen molar-refractivity contribution in [2.75, 3.05) is 36.9 Å². The summed E-state index contributed by atoms with van der Waals surface area (Å²) >= 11 is 0. The Balaban J connectivity index is 2.29. The van der Waals surface area contributed by atoms with Crippen molar-refractivity contribution in [2.45, 2.75) is 32.2 Å². The van der Waals surface area contributed by atoms with Crippen LogP contribution in [0.2, 0.25) is 0 Å². The Morgan fingerprint density at radius 2 is 2.12 bits per heavy atom. The first-order valence-corrected chi connectivity index (χ1v) is 8.22. The average Bonchev–Trinajstić information content (AvgIpc) is 2.87. The fourth-order valence-corrected chi connectivity index (χ4v) is 2.84. The Bertz CT molecular complexity index is 607. The van der Waals surface area contributed by atoms with Crippen LogP contribution < -0.4 is 16.0 Å². The fraction of sp³-hybridized carbons (Fsp3) is 0.562. The molecule has 1 aliphatic heterocycles. The molecule has 1 heterocycles. The van der Waals surface area contributed by atoms with E-state index in [1.54, 1.807) is 29.0 Å². The number of carbonyl (C=O) groups excluding carboxylic acids is 1. The summed E-state index contributed by atoms with van der Waals surface area (Å²) in [7, 11) is 1.72. The highest BCUT2D eigenvalue weighted by Gasteiger charge is 2.31. The van der Waals surface area contributed by atoms with E-state index in [0.29, 0.717) is 31.0 Å². The van der Waals surface area contributed by atoms with Crippen LogP contribution in [0.5, 0.6) is 0 Å². The maximum atomic E-state index is 12.3. The summed E-state index contributed by atoms with van der Waals surface area (Å²) in [6.45, 7) is 3.74. The van der Waals surface area contributed by atoms with Gasteiger partial charge in [0.25, 0.3) is 5.69 Å². The Hall–Kier alpha value is -2.35. The van der Waals surface area contributed by atoms with Crippen molar-refractivity contribution in [3.8, 4) is 0 Å². The lowest BCUT2D eigenvalue weighted by Crippen LogP contribution is -2.30. The minimum atomic E-state index is -0.414. The second kappa shape index (κ2) is 7.96. The highest BCUT2D eigenvalue weighted by atomic mass is 16.6. The first kappa shape index (κ1) is 18.0. The van der Waals surface area contributed by atoms with Crippen LogP contribution in [0.1, 0.15) is 26.2 Å². The van der Waals surface area contributed by atoms with Crippen molar-refractivity contribution < 1.29 is 9.72 Å². The maximum Gasteiger partial charge on any atom is 0.324 e. The molecular formula is C16H25N5O3. The van der Waals surface area contributed by atoms with Crippen molar-refractivity contribution in [1.29, 1.82) is 0 Å². The van der Waals surface area contributed by atoms with Crippen LogP contribution >= 0.6 is 0 Å². The zero-order valence-corrected chi connectivity index (χ0v) is 14.2. The Kier molecular flexibility index (Phi) is 5.97. The van der Waals surface area contributed by atoms with E-state index in [1.807, 2.05) is 6.92 Å². The number of nitrogens with one attached hydrogen (secondary N) is 1. The highest BCUT2D eigenvalue weighted by molar-refractivity contribution is 5.98. The third kappa shape index (κ3) is 3.94. The van der Waals surface area contributed by atoms with Crippen molar-refractivity contribution in [1.82, 2.24) is 4.90 Å². The number of para-hydroxylation sites is 1. The lowest BCUT2D eigenvalue weighted by molar-refractivity contribution is -0.383. The van der Waals surface area contributed by atoms with Crippen LogP contribution in [0.25, 0.3) is 0 Å². The van der Waals surface area contributed by atoms with Gasteiger partial charge in [-0.15, -0.1) is 0 Å². The molecule has 1 atom stereocenters. The van der Waals surface area contributed by atoms with E-state index >= 15 is 0 Å². The van der Waals surface area contributed by atoms with Crippen molar-refractivity contribution in [2.24, 2.45) is 5.73 Å². The van der Waals surface area contributed by atoms with Crippen molar-refractivity contribution >= 4 is 23.1 Å². The Morgan fingerprint density at radius 3 is 2.71 bits per heavy atom. The summed E-state index contributed by atoms with van der Waals surface area (Å²) in [6.07, 6.45) is 2.73. The van der Waals surface area contributed by atoms with Crippen molar-refractivity contribution in [3.63, 3.8) is 0 Å². The van der Waals surface area contributed by atoms with E-state index in [0.717, 1.165) is 19.3 Å². The molecule has 0 bridgehead atoms. The predicted molar refractivity (Wildman–Crippen MR) is 94.5 cm³/mol. The molecule has 132 valence electrons. The van der Waals surface area contributed by atoms with Gasteiger partial charge in [-0.05, 0) is 32.4 Å². The quantitative estimate of drug-likeness (QED) is 0.431. The molecule has 1 aliphatic rings. The van der Waals surface area contributed by atoms with E-state index in [-0.39, 0.29) is 17.8 Å². The van der Waals surface area contributed by atoms with Gasteiger partial charge in [0.1, 0.15) is 5.69 Å². The zero-order valence-electron chi connectivity index (χ0n) is 14.2. The first-order chi connectivity index (χ1) is 11.5. The van der Waals surface area contributed by atoms with Gasteiger partial charge in [0.2, 0.25) is 0 Å². The van der Waals surface area contributed by atoms with Crippen LogP contribution in [-0.4, -0.2) is 48.6 Å². The standard InChI is InChI=1S/C16H25N5O3/c1-12(6-3-4-9-17)18-15-13(7-5-8-14(15)21(23)24)20-11-10-19(2)16(20)22/h5,7-8,12,18H,3-4,6,9-11,17H2,1-2H3/t12-/m1/s1. The molecule has 0 radical (unpaired) electrons. The molecule has 24 heavy (non-hydrogen) atoms. The Morgan fingerprint density at radius 1 is 1.38 bits per heavy atom. The van der Waals surface area contributed by atoms with E-state index in [4.69, 9.17) is 5.73 Å². The smallest absolute Gasteiger partial charge is 0.324 e. The van der Waals surface area contributed by atoms with Gasteiger partial charge in [-0.1, -0.05) is 12.5 Å². The molecule has 8 nitrogen and oxygen atoms in total. The van der Waals surface area contributed by atoms with Gasteiger partial charge in [-0.2, -0.15) is 0 Å². The topological polar surface area (TPSA) is 105 Å². The van der Waals surface area contributed by atoms with Gasteiger partial charge >= 0.3 is 6.03 Å². The molecule has 0 aromatic heterocycles. The van der Waals surface area contributed by atoms with Crippen molar-refractivity contribution in [3.05, 3.63) is 28.3 Å². The van der Waals surface area contributed by atoms with Gasteiger partial charge in [0.15, 0.2) is 0 Å². The monoisotopic (exact) mass is 335 g/mol. The van der Waals surface area contributed by atoms with E-state index in [1.165, 1.54) is 6.07 Å². The molecular weight excluding hydrogens is 310 g/mol. The summed E-state index contributed by atoms with van der Waals surface area (Å²) in [6, 6.07) is 4.73. The lowest BCUT2D eigenvalue weighted by Gasteiger charge is -2.23. The molecule has 0 unspecified atom stereocenters. The second-order valence-corrected chi connectivity index (χ2v) is 6.11. The number of anilines is 2. The molecule has 1 aromatic carbocycles. The number of unbranched alkanes of at least 4 members (excludes halogenated alkanes) is 1. The third-order valence-corrected chi connectivity index (χ3v) is 4.21. The van der Waals surface area contributed by atoms with E-state index in [2.05, 4.69) is 5.32 Å². The number of hydrogen-bond donors (Lipinski definition) is 2. The average molecular weight is 335 g/mol. The minimum absolute atomic E-state index is 0.0134. The summed E-state index contributed by atoms with van der Waals surface area (Å²) in [4.78, 5) is 26.5. The molecule has 1 aromatic rings. The summed E-state index contributed by atoms with van der Waals surface area (Å²) < 4.78 is 0. The number of nitrogens with two attached hydrogens (primary N) is 1. The molecule has 0 spiro atoms. The largest absolute Gasteiger partial charge is 0.375 e. The molecule has 0 saturated carbocycles. The van der Waals surface area contributed by atoms with Gasteiger partial charge in [0.05, 0.1) is 10.6 Å². The predicted octanol–water partition coefficient (Wildman–Crippen LogP) is 2.40. The molecule has 3 N–H and O–H groups in total. The van der Waals surface area contributed by atoms with Gasteiger partial charge in [0, 0.05) is 32.2 Å². The molecule has 1 fully saturated rings. The van der Waals surface area contributed by atoms with E-state index in [9.17, 15) is 14.9 Å². The number of urea groups is 1. The number of amides is 2. The normalized spacial score (nSPS) is 15.7. The second-order valence-electron chi connectivity index (χ2n) is 6.11. The number of nitrogens with zero attached hydrogens (tertiary/aromatic N) is 3.